The standard InChI is InChI=1S/C13H23O4/c1-9(11(14)16-5)7-10(12(15)17-6)8-13(2,3)4/h9H,7-8H2,1-6H3. The summed E-state index contributed by atoms with van der Waals surface area (Å²) in [6.45, 7) is 7.87. The van der Waals surface area contributed by atoms with E-state index in [1.54, 1.807) is 6.92 Å². The van der Waals surface area contributed by atoms with Gasteiger partial charge in [0.1, 0.15) is 0 Å². The molecular formula is C13H23O4. The Kier molecular flexibility index (Phi) is 6.07. The van der Waals surface area contributed by atoms with E-state index in [1.807, 2.05) is 20.8 Å². The molecule has 0 rings (SSSR count). The van der Waals surface area contributed by atoms with Crippen LogP contribution in [0, 0.1) is 11.3 Å². The van der Waals surface area contributed by atoms with Crippen LogP contribution in [0.25, 0.3) is 0 Å². The molecule has 0 heterocycles. The van der Waals surface area contributed by atoms with Gasteiger partial charge in [-0.15, -0.1) is 0 Å². The largest absolute Gasteiger partial charge is 0.469 e. The summed E-state index contributed by atoms with van der Waals surface area (Å²) in [6.07, 6.45) is 0.998. The molecule has 0 N–H and O–H groups in total. The third kappa shape index (κ3) is 6.19. The van der Waals surface area contributed by atoms with Gasteiger partial charge in [0.25, 0.3) is 0 Å². The second-order valence-corrected chi connectivity index (χ2v) is 5.46. The number of hydrogen-bond acceptors (Lipinski definition) is 3. The van der Waals surface area contributed by atoms with E-state index >= 15 is 0 Å². The summed E-state index contributed by atoms with van der Waals surface area (Å²) < 4.78 is 9.40. The van der Waals surface area contributed by atoms with Gasteiger partial charge in [-0.1, -0.05) is 27.7 Å². The first kappa shape index (κ1) is 15.8. The van der Waals surface area contributed by atoms with Crippen LogP contribution in [0.2, 0.25) is 0 Å². The molecule has 0 saturated carbocycles. The van der Waals surface area contributed by atoms with Gasteiger partial charge in [-0.25, -0.2) is 5.11 Å². The van der Waals surface area contributed by atoms with E-state index in [9.17, 15) is 9.90 Å². The van der Waals surface area contributed by atoms with Crippen LogP contribution < -0.4 is 0 Å². The van der Waals surface area contributed by atoms with Crippen molar-refractivity contribution in [2.75, 3.05) is 14.2 Å². The Morgan fingerprint density at radius 1 is 1.18 bits per heavy atom. The van der Waals surface area contributed by atoms with Crippen LogP contribution in [0.15, 0.2) is 11.5 Å². The lowest BCUT2D eigenvalue weighted by molar-refractivity contribution is -0.144. The van der Waals surface area contributed by atoms with E-state index in [1.165, 1.54) is 14.2 Å². The minimum atomic E-state index is -0.337. The van der Waals surface area contributed by atoms with Crippen LogP contribution in [-0.2, 0) is 19.4 Å². The predicted molar refractivity (Wildman–Crippen MR) is 64.6 cm³/mol. The Bertz CT molecular complexity index is 286. The third-order valence-corrected chi connectivity index (χ3v) is 2.37. The van der Waals surface area contributed by atoms with Crippen molar-refractivity contribution >= 4 is 5.97 Å². The third-order valence-electron chi connectivity index (χ3n) is 2.37. The number of rotatable bonds is 5. The lowest BCUT2D eigenvalue weighted by Gasteiger charge is -2.21. The summed E-state index contributed by atoms with van der Waals surface area (Å²) in [4.78, 5) is 11.3. The van der Waals surface area contributed by atoms with Gasteiger partial charge in [0.05, 0.1) is 20.1 Å². The van der Waals surface area contributed by atoms with Crippen molar-refractivity contribution in [2.45, 2.75) is 40.5 Å². The monoisotopic (exact) mass is 243 g/mol. The first-order valence-electron chi connectivity index (χ1n) is 5.72. The van der Waals surface area contributed by atoms with E-state index in [-0.39, 0.29) is 23.2 Å². The molecule has 99 valence electrons. The number of allylic oxidation sites excluding steroid dienone is 1. The van der Waals surface area contributed by atoms with Gasteiger partial charge in [-0.3, -0.25) is 4.79 Å². The van der Waals surface area contributed by atoms with E-state index in [2.05, 4.69) is 4.74 Å². The average molecular weight is 243 g/mol. The molecule has 0 aliphatic carbocycles. The molecule has 0 fully saturated rings. The van der Waals surface area contributed by atoms with Gasteiger partial charge in [0, 0.05) is 5.57 Å². The van der Waals surface area contributed by atoms with Crippen molar-refractivity contribution in [2.24, 2.45) is 11.3 Å². The molecule has 0 aliphatic rings. The van der Waals surface area contributed by atoms with Gasteiger partial charge in [0.2, 0.25) is 0 Å². The predicted octanol–water partition coefficient (Wildman–Crippen LogP) is 2.91. The summed E-state index contributed by atoms with van der Waals surface area (Å²) in [5, 5.41) is 11.6. The first-order valence-corrected chi connectivity index (χ1v) is 5.72. The molecule has 1 atom stereocenters. The normalized spacial score (nSPS) is 14.9. The van der Waals surface area contributed by atoms with Crippen LogP contribution in [-0.4, -0.2) is 20.2 Å². The van der Waals surface area contributed by atoms with Gasteiger partial charge < -0.3 is 9.47 Å². The molecule has 4 nitrogen and oxygen atoms in total. The van der Waals surface area contributed by atoms with Gasteiger partial charge in [-0.2, -0.15) is 0 Å². The molecule has 0 aromatic heterocycles. The molecule has 0 aliphatic heterocycles. The van der Waals surface area contributed by atoms with Crippen LogP contribution in [0.3, 0.4) is 0 Å². The molecular weight excluding hydrogens is 220 g/mol. The molecule has 1 unspecified atom stereocenters. The Balaban J connectivity index is 4.80. The number of ether oxygens (including phenoxy) is 2. The van der Waals surface area contributed by atoms with Crippen molar-refractivity contribution in [3.63, 3.8) is 0 Å². The second kappa shape index (κ2) is 6.52. The Hall–Kier alpha value is -1.19. The second-order valence-electron chi connectivity index (χ2n) is 5.46. The highest BCUT2D eigenvalue weighted by molar-refractivity contribution is 5.72. The summed E-state index contributed by atoms with van der Waals surface area (Å²) in [5.41, 5.74) is 0.622. The van der Waals surface area contributed by atoms with Crippen molar-refractivity contribution in [1.29, 1.82) is 0 Å². The molecule has 0 spiro atoms. The molecule has 0 bridgehead atoms. The zero-order valence-corrected chi connectivity index (χ0v) is 11.6. The van der Waals surface area contributed by atoms with Crippen molar-refractivity contribution in [3.8, 4) is 0 Å². The number of esters is 1. The minimum Gasteiger partial charge on any atom is -0.469 e. The van der Waals surface area contributed by atoms with E-state index in [0.717, 1.165) is 0 Å². The van der Waals surface area contributed by atoms with Crippen LogP contribution >= 0.6 is 0 Å². The van der Waals surface area contributed by atoms with Crippen molar-refractivity contribution < 1.29 is 19.4 Å². The first-order chi connectivity index (χ1) is 7.71. The van der Waals surface area contributed by atoms with Gasteiger partial charge in [0.15, 0.2) is 0 Å². The number of hydrogen-bond donors (Lipinski definition) is 0. The minimum absolute atomic E-state index is 0.0145. The Labute approximate surface area is 104 Å². The molecule has 0 aromatic carbocycles. The smallest absolute Gasteiger partial charge is 0.329 e. The lowest BCUT2D eigenvalue weighted by atomic mass is 9.85. The molecule has 0 aromatic rings. The fourth-order valence-corrected chi connectivity index (χ4v) is 1.67. The van der Waals surface area contributed by atoms with Crippen LogP contribution in [0.1, 0.15) is 40.5 Å². The molecule has 4 heteroatoms. The molecule has 0 amide bonds. The highest BCUT2D eigenvalue weighted by atomic mass is 16.6. The zero-order valence-electron chi connectivity index (χ0n) is 11.6. The average Bonchev–Trinajstić information content (AvgIpc) is 2.23. The fourth-order valence-electron chi connectivity index (χ4n) is 1.67. The molecule has 1 radical (unpaired) electrons. The SMILES string of the molecule is COC(=O)C(C)CC(CC(C)(C)C)=C([O])OC. The number of carbonyl (C=O) groups excluding carboxylic acids is 1. The van der Waals surface area contributed by atoms with Crippen LogP contribution in [0.4, 0.5) is 0 Å². The fraction of sp³-hybridized carbons (Fsp3) is 0.769. The number of methoxy groups -OCH3 is 2. The Morgan fingerprint density at radius 2 is 1.71 bits per heavy atom. The maximum atomic E-state index is 11.6. The quantitative estimate of drug-likeness (QED) is 0.551. The van der Waals surface area contributed by atoms with Crippen molar-refractivity contribution in [1.82, 2.24) is 0 Å². The van der Waals surface area contributed by atoms with Gasteiger partial charge >= 0.3 is 11.9 Å². The summed E-state index contributed by atoms with van der Waals surface area (Å²) in [6, 6.07) is 0. The maximum absolute atomic E-state index is 11.6. The van der Waals surface area contributed by atoms with E-state index in [0.29, 0.717) is 18.4 Å². The summed E-state index contributed by atoms with van der Waals surface area (Å²) >= 11 is 0. The summed E-state index contributed by atoms with van der Waals surface area (Å²) in [5.74, 6) is -0.965. The molecule has 0 saturated heterocycles. The van der Waals surface area contributed by atoms with Crippen molar-refractivity contribution in [3.05, 3.63) is 11.5 Å². The Morgan fingerprint density at radius 3 is 2.06 bits per heavy atom. The summed E-state index contributed by atoms with van der Waals surface area (Å²) in [7, 11) is 2.70. The highest BCUT2D eigenvalue weighted by Crippen LogP contribution is 2.30. The van der Waals surface area contributed by atoms with E-state index < -0.39 is 0 Å². The van der Waals surface area contributed by atoms with Gasteiger partial charge in [-0.05, 0) is 18.3 Å². The zero-order chi connectivity index (χ0) is 13.6. The van der Waals surface area contributed by atoms with Crippen LogP contribution in [0.5, 0.6) is 0 Å². The number of carbonyl (C=O) groups is 1. The lowest BCUT2D eigenvalue weighted by Crippen LogP contribution is -2.16. The topological polar surface area (TPSA) is 55.4 Å². The molecule has 17 heavy (non-hydrogen) atoms. The highest BCUT2D eigenvalue weighted by Gasteiger charge is 2.23. The van der Waals surface area contributed by atoms with E-state index in [4.69, 9.17) is 4.74 Å². The maximum Gasteiger partial charge on any atom is 0.329 e.